The van der Waals surface area contributed by atoms with Crippen molar-refractivity contribution in [3.63, 3.8) is 0 Å². The molecule has 1 aliphatic rings. The molecule has 0 aliphatic carbocycles. The van der Waals surface area contributed by atoms with Crippen LogP contribution >= 0.6 is 11.6 Å². The van der Waals surface area contributed by atoms with Crippen LogP contribution in [0.4, 0.5) is 0 Å². The zero-order valence-corrected chi connectivity index (χ0v) is 22.8. The molecule has 0 saturated carbocycles. The van der Waals surface area contributed by atoms with E-state index in [0.717, 1.165) is 42.9 Å². The molecule has 212 valence electrons. The van der Waals surface area contributed by atoms with Gasteiger partial charge in [-0.15, -0.1) is 0 Å². The normalized spacial score (nSPS) is 22.3. The van der Waals surface area contributed by atoms with Gasteiger partial charge in [0.25, 0.3) is 0 Å². The summed E-state index contributed by atoms with van der Waals surface area (Å²) in [5.41, 5.74) is 2.32. The van der Waals surface area contributed by atoms with Crippen LogP contribution in [0, 0.1) is 0 Å². The molecule has 1 fully saturated rings. The Morgan fingerprint density at radius 2 is 1.55 bits per heavy atom. The predicted molar refractivity (Wildman–Crippen MR) is 139 cm³/mol. The Morgan fingerprint density at radius 3 is 2.20 bits per heavy atom. The van der Waals surface area contributed by atoms with Crippen molar-refractivity contribution in [2.45, 2.75) is 58.4 Å². The lowest BCUT2D eigenvalue weighted by molar-refractivity contribution is -0.288. The molecule has 0 spiro atoms. The predicted octanol–water partition coefficient (Wildman–Crippen LogP) is 3.35. The number of nitrogens with one attached hydrogen (secondary N) is 1. The Bertz CT molecular complexity index is 1420. The number of fused-ring (bicyclic) bond motifs is 1. The maximum atomic E-state index is 12.0. The van der Waals surface area contributed by atoms with Crippen LogP contribution in [0.2, 0.25) is 5.02 Å². The molecule has 0 radical (unpaired) electrons. The summed E-state index contributed by atoms with van der Waals surface area (Å²) >= 11 is 6.57. The molecule has 1 aromatic carbocycles. The molecule has 5 atom stereocenters. The van der Waals surface area contributed by atoms with Crippen LogP contribution < -0.4 is 4.74 Å². The van der Waals surface area contributed by atoms with Crippen LogP contribution in [0.1, 0.15) is 27.7 Å². The fourth-order valence-corrected chi connectivity index (χ4v) is 4.51. The molecular formula is C27H27ClN2O10. The van der Waals surface area contributed by atoms with E-state index >= 15 is 0 Å². The molecule has 4 rings (SSSR count). The van der Waals surface area contributed by atoms with Crippen molar-refractivity contribution in [2.75, 3.05) is 6.61 Å². The third kappa shape index (κ3) is 6.88. The molecule has 1 aliphatic heterocycles. The van der Waals surface area contributed by atoms with E-state index in [1.54, 1.807) is 30.6 Å². The number of benzene rings is 1. The minimum Gasteiger partial charge on any atom is -0.463 e. The highest BCUT2D eigenvalue weighted by atomic mass is 35.5. The molecule has 1 saturated heterocycles. The first-order chi connectivity index (χ1) is 19.0. The summed E-state index contributed by atoms with van der Waals surface area (Å²) in [7, 11) is 0. The molecule has 0 amide bonds. The smallest absolute Gasteiger partial charge is 0.303 e. The summed E-state index contributed by atoms with van der Waals surface area (Å²) in [4.78, 5) is 54.9. The molecule has 2 aromatic heterocycles. The number of carbonyl (C=O) groups excluding carboxylic acids is 4. The highest BCUT2D eigenvalue weighted by molar-refractivity contribution is 6.32. The van der Waals surface area contributed by atoms with Gasteiger partial charge in [-0.05, 0) is 29.8 Å². The van der Waals surface area contributed by atoms with Gasteiger partial charge >= 0.3 is 23.9 Å². The zero-order valence-electron chi connectivity index (χ0n) is 22.0. The first kappa shape index (κ1) is 28.8. The van der Waals surface area contributed by atoms with E-state index in [2.05, 4.69) is 9.97 Å². The second-order valence-electron chi connectivity index (χ2n) is 8.97. The monoisotopic (exact) mass is 574 g/mol. The highest BCUT2D eigenvalue weighted by Gasteiger charge is 2.53. The molecule has 1 N–H and O–H groups in total. The largest absolute Gasteiger partial charge is 0.463 e. The Labute approximate surface area is 233 Å². The van der Waals surface area contributed by atoms with Gasteiger partial charge in [0.1, 0.15) is 24.1 Å². The van der Waals surface area contributed by atoms with Crippen LogP contribution in [0.25, 0.3) is 22.2 Å². The Kier molecular flexibility index (Phi) is 8.90. The van der Waals surface area contributed by atoms with Crippen LogP contribution in [-0.4, -0.2) is 71.2 Å². The highest BCUT2D eigenvalue weighted by Crippen LogP contribution is 2.35. The van der Waals surface area contributed by atoms with E-state index in [4.69, 9.17) is 40.0 Å². The second-order valence-corrected chi connectivity index (χ2v) is 9.38. The van der Waals surface area contributed by atoms with Gasteiger partial charge in [0, 0.05) is 51.0 Å². The summed E-state index contributed by atoms with van der Waals surface area (Å²) in [6.45, 7) is 4.23. The van der Waals surface area contributed by atoms with E-state index in [1.807, 2.05) is 12.1 Å². The van der Waals surface area contributed by atoms with E-state index in [9.17, 15) is 19.2 Å². The van der Waals surface area contributed by atoms with Crippen molar-refractivity contribution in [3.8, 4) is 16.9 Å². The van der Waals surface area contributed by atoms with E-state index in [0.29, 0.717) is 0 Å². The molecule has 40 heavy (non-hydrogen) atoms. The van der Waals surface area contributed by atoms with Gasteiger partial charge in [0.15, 0.2) is 12.2 Å². The van der Waals surface area contributed by atoms with Gasteiger partial charge in [0.2, 0.25) is 12.4 Å². The molecular weight excluding hydrogens is 548 g/mol. The van der Waals surface area contributed by atoms with Crippen LogP contribution in [0.15, 0.2) is 42.7 Å². The van der Waals surface area contributed by atoms with Crippen molar-refractivity contribution in [3.05, 3.63) is 47.7 Å². The molecule has 13 heteroatoms. The average molecular weight is 575 g/mol. The van der Waals surface area contributed by atoms with Crippen molar-refractivity contribution >= 4 is 46.5 Å². The quantitative estimate of drug-likeness (QED) is 0.311. The first-order valence-corrected chi connectivity index (χ1v) is 12.6. The standard InChI is InChI=1S/C27H27ClN2O10/c1-13(31)35-12-22-23(36-14(2)32)24(37-15(3)33)25(38-16(4)34)27(40-22)39-21-6-5-17(10-20(21)28)19-9-18-7-8-29-26(18)30-11-19/h5-11,22-25,27H,12H2,1-4H3,(H,29,30)/t22?,23-,24?,25-,27+/m1/s1. The summed E-state index contributed by atoms with van der Waals surface area (Å²) in [6.07, 6.45) is -3.09. The van der Waals surface area contributed by atoms with Crippen molar-refractivity contribution in [1.82, 2.24) is 9.97 Å². The van der Waals surface area contributed by atoms with E-state index in [1.165, 1.54) is 6.92 Å². The van der Waals surface area contributed by atoms with Crippen molar-refractivity contribution in [2.24, 2.45) is 0 Å². The topological polar surface area (TPSA) is 152 Å². The van der Waals surface area contributed by atoms with E-state index < -0.39 is 54.6 Å². The fraction of sp³-hybridized carbons (Fsp3) is 0.370. The molecule has 2 unspecified atom stereocenters. The number of aromatic amines is 1. The van der Waals surface area contributed by atoms with Gasteiger partial charge in [-0.25, -0.2) is 4.98 Å². The number of halogens is 1. The molecule has 3 heterocycles. The number of aromatic nitrogens is 2. The number of ether oxygens (including phenoxy) is 6. The minimum absolute atomic E-state index is 0.155. The number of carbonyl (C=O) groups is 4. The van der Waals surface area contributed by atoms with Crippen molar-refractivity contribution in [1.29, 1.82) is 0 Å². The molecule has 0 bridgehead atoms. The van der Waals surface area contributed by atoms with Crippen LogP contribution in [0.3, 0.4) is 0 Å². The van der Waals surface area contributed by atoms with Gasteiger partial charge in [0.05, 0.1) is 5.02 Å². The number of H-pyrrole nitrogens is 1. The lowest BCUT2D eigenvalue weighted by atomic mass is 9.98. The third-order valence-corrected chi connectivity index (χ3v) is 6.15. The number of nitrogens with zero attached hydrogens (tertiary/aromatic N) is 1. The summed E-state index contributed by atoms with van der Waals surface area (Å²) in [6, 6.07) is 8.85. The van der Waals surface area contributed by atoms with Gasteiger partial charge < -0.3 is 33.4 Å². The van der Waals surface area contributed by atoms with Gasteiger partial charge in [-0.2, -0.15) is 0 Å². The third-order valence-electron chi connectivity index (χ3n) is 5.86. The summed E-state index contributed by atoms with van der Waals surface area (Å²) in [5, 5.41) is 1.12. The number of esters is 4. The van der Waals surface area contributed by atoms with E-state index in [-0.39, 0.29) is 17.4 Å². The maximum absolute atomic E-state index is 12.0. The second kappa shape index (κ2) is 12.3. The van der Waals surface area contributed by atoms with Gasteiger partial charge in [-0.1, -0.05) is 17.7 Å². The average Bonchev–Trinajstić information content (AvgIpc) is 3.34. The minimum atomic E-state index is -1.40. The fourth-order valence-electron chi connectivity index (χ4n) is 4.28. The number of pyridine rings is 1. The SMILES string of the molecule is CC(=O)OCC1O[C@H](Oc2ccc(-c3cnc4[nH]ccc4c3)cc2Cl)[C@H](OC(C)=O)C(OC(C)=O)[C@@H]1OC(C)=O. The van der Waals surface area contributed by atoms with Gasteiger partial charge in [-0.3, -0.25) is 19.2 Å². The maximum Gasteiger partial charge on any atom is 0.303 e. The summed E-state index contributed by atoms with van der Waals surface area (Å²) < 4.78 is 33.3. The lowest BCUT2D eigenvalue weighted by Crippen LogP contribution is -2.63. The Morgan fingerprint density at radius 1 is 0.875 bits per heavy atom. The Balaban J connectivity index is 1.66. The summed E-state index contributed by atoms with van der Waals surface area (Å²) in [5.74, 6) is -2.69. The van der Waals surface area contributed by atoms with Crippen LogP contribution in [-0.2, 0) is 42.9 Å². The van der Waals surface area contributed by atoms with Crippen molar-refractivity contribution < 1.29 is 47.6 Å². The zero-order chi connectivity index (χ0) is 29.0. The van der Waals surface area contributed by atoms with Crippen LogP contribution in [0.5, 0.6) is 5.75 Å². The molecule has 3 aromatic rings. The number of rotatable bonds is 8. The lowest BCUT2D eigenvalue weighted by Gasteiger charge is -2.44. The number of hydrogen-bond acceptors (Lipinski definition) is 11. The number of hydrogen-bond donors (Lipinski definition) is 1. The Hall–Kier alpha value is -4.16. The molecule has 12 nitrogen and oxygen atoms in total. The first-order valence-electron chi connectivity index (χ1n) is 12.2.